The Labute approximate surface area is 260 Å². The van der Waals surface area contributed by atoms with Gasteiger partial charge in [0, 0.05) is 58.7 Å². The van der Waals surface area contributed by atoms with Gasteiger partial charge in [0.15, 0.2) is 11.6 Å². The number of carboxylic acids is 2. The maximum absolute atomic E-state index is 13.3. The molecule has 0 unspecified atom stereocenters. The van der Waals surface area contributed by atoms with E-state index in [-0.39, 0.29) is 48.4 Å². The van der Waals surface area contributed by atoms with E-state index >= 15 is 0 Å². The predicted molar refractivity (Wildman–Crippen MR) is 170 cm³/mol. The molecule has 238 valence electrons. The summed E-state index contributed by atoms with van der Waals surface area (Å²) in [4.78, 5) is 71.4. The number of carboxylic acid groups (broad SMARTS) is 2. The number of aliphatic carboxylic acids is 2. The van der Waals surface area contributed by atoms with Gasteiger partial charge in [-0.05, 0) is 37.8 Å². The normalized spacial score (nSPS) is 11.0. The Morgan fingerprint density at radius 2 is 0.705 bits per heavy atom. The van der Waals surface area contributed by atoms with Crippen molar-refractivity contribution in [3.05, 3.63) is 46.5 Å². The zero-order valence-electron chi connectivity index (χ0n) is 25.8. The van der Waals surface area contributed by atoms with E-state index in [1.807, 2.05) is 12.6 Å². The molecule has 0 aliphatic heterocycles. The average molecular weight is 607 g/mol. The van der Waals surface area contributed by atoms with Crippen LogP contribution in [0.15, 0.2) is 24.3 Å². The fourth-order valence-electron chi connectivity index (χ4n) is 5.64. The highest BCUT2D eigenvalue weighted by Gasteiger charge is 2.21. The van der Waals surface area contributed by atoms with Crippen molar-refractivity contribution in [3.8, 4) is 0 Å². The summed E-state index contributed by atoms with van der Waals surface area (Å²) < 4.78 is 0. The minimum absolute atomic E-state index is 0.142. The van der Waals surface area contributed by atoms with Crippen LogP contribution in [0.25, 0.3) is 10.8 Å². The van der Waals surface area contributed by atoms with Crippen molar-refractivity contribution in [1.29, 1.82) is 0 Å². The third-order valence-corrected chi connectivity index (χ3v) is 8.07. The Bertz CT molecular complexity index is 1170. The Hall–Kier alpha value is -3.68. The highest BCUT2D eigenvalue weighted by molar-refractivity contribution is 6.21. The highest BCUT2D eigenvalue weighted by Crippen LogP contribution is 2.31. The molecule has 0 spiro atoms. The fourth-order valence-corrected chi connectivity index (χ4v) is 5.64. The van der Waals surface area contributed by atoms with E-state index in [4.69, 9.17) is 10.2 Å². The summed E-state index contributed by atoms with van der Waals surface area (Å²) in [6, 6.07) is 6.07. The molecule has 0 aromatic heterocycles. The van der Waals surface area contributed by atoms with Crippen molar-refractivity contribution in [2.75, 3.05) is 0 Å². The zero-order chi connectivity index (χ0) is 32.2. The first kappa shape index (κ1) is 36.5. The van der Waals surface area contributed by atoms with Crippen LogP contribution < -0.4 is 0 Å². The van der Waals surface area contributed by atoms with Crippen LogP contribution in [0.3, 0.4) is 0 Å². The van der Waals surface area contributed by atoms with Crippen LogP contribution in [-0.2, 0) is 19.2 Å². The van der Waals surface area contributed by atoms with Crippen LogP contribution >= 0.6 is 0 Å². The third kappa shape index (κ3) is 12.9. The third-order valence-electron chi connectivity index (χ3n) is 8.07. The minimum Gasteiger partial charge on any atom is -0.481 e. The van der Waals surface area contributed by atoms with Crippen molar-refractivity contribution in [3.63, 3.8) is 0 Å². The number of ketones is 2. The lowest BCUT2D eigenvalue weighted by Crippen LogP contribution is -2.08. The van der Waals surface area contributed by atoms with Crippen LogP contribution in [0, 0.1) is 0 Å². The van der Waals surface area contributed by atoms with Crippen molar-refractivity contribution < 1.29 is 39.0 Å². The maximum Gasteiger partial charge on any atom is 0.303 e. The van der Waals surface area contributed by atoms with Crippen LogP contribution in [-0.4, -0.2) is 46.3 Å². The molecule has 0 saturated carbocycles. The van der Waals surface area contributed by atoms with E-state index in [0.717, 1.165) is 77.0 Å². The van der Waals surface area contributed by atoms with Gasteiger partial charge in [-0.3, -0.25) is 28.8 Å². The topological polar surface area (TPSA) is 143 Å². The molecule has 2 aromatic carbocycles. The number of Topliss-reactive ketones (excluding diaryl/α,β-unsaturated/α-hetero) is 2. The van der Waals surface area contributed by atoms with Gasteiger partial charge in [0.2, 0.25) is 12.6 Å². The number of hydrogen-bond acceptors (Lipinski definition) is 6. The van der Waals surface area contributed by atoms with Crippen LogP contribution in [0.4, 0.5) is 0 Å². The largest absolute Gasteiger partial charge is 0.481 e. The molecule has 8 nitrogen and oxygen atoms in total. The van der Waals surface area contributed by atoms with Gasteiger partial charge in [0.05, 0.1) is 0 Å². The van der Waals surface area contributed by atoms with E-state index in [0.29, 0.717) is 47.6 Å². The summed E-state index contributed by atoms with van der Waals surface area (Å²) in [7, 11) is 0. The van der Waals surface area contributed by atoms with E-state index in [9.17, 15) is 28.8 Å². The van der Waals surface area contributed by atoms with Crippen molar-refractivity contribution >= 4 is 46.8 Å². The van der Waals surface area contributed by atoms with E-state index in [1.54, 1.807) is 12.1 Å². The van der Waals surface area contributed by atoms with Gasteiger partial charge in [-0.15, -0.1) is 0 Å². The van der Waals surface area contributed by atoms with Crippen molar-refractivity contribution in [2.24, 2.45) is 0 Å². The molecule has 0 fully saturated rings. The molecule has 0 saturated heterocycles. The van der Waals surface area contributed by atoms with Gasteiger partial charge < -0.3 is 10.2 Å². The van der Waals surface area contributed by atoms with Gasteiger partial charge in [-0.1, -0.05) is 89.2 Å². The van der Waals surface area contributed by atoms with Crippen LogP contribution in [0.1, 0.15) is 160 Å². The summed E-state index contributed by atoms with van der Waals surface area (Å²) in [6.45, 7) is 0. The van der Waals surface area contributed by atoms with Gasteiger partial charge >= 0.3 is 11.9 Å². The molecule has 2 aromatic rings. The van der Waals surface area contributed by atoms with E-state index in [2.05, 4.69) is 0 Å². The Kier molecular flexibility index (Phi) is 17.5. The molecule has 2 radical (unpaired) electrons. The molecular weight excluding hydrogens is 560 g/mol. The molecule has 8 heteroatoms. The van der Waals surface area contributed by atoms with Crippen molar-refractivity contribution in [1.82, 2.24) is 0 Å². The van der Waals surface area contributed by atoms with E-state index < -0.39 is 11.9 Å². The summed E-state index contributed by atoms with van der Waals surface area (Å²) in [5.41, 5.74) is 0.911. The molecule has 0 aliphatic carbocycles. The Morgan fingerprint density at radius 1 is 0.432 bits per heavy atom. The van der Waals surface area contributed by atoms with E-state index in [1.165, 1.54) is 12.1 Å². The lowest BCUT2D eigenvalue weighted by molar-refractivity contribution is -0.138. The second-order valence-corrected chi connectivity index (χ2v) is 11.6. The average Bonchev–Trinajstić information content (AvgIpc) is 3.01. The number of carbonyl (C=O) groups is 4. The smallest absolute Gasteiger partial charge is 0.303 e. The highest BCUT2D eigenvalue weighted by atomic mass is 16.4. The standard InChI is InChI=1S/C36H46O8/c37-25-27-21-22-28(26-38)36-30(32(40)18-14-10-6-2-4-8-12-16-20-34(43)44)24-23-29(35(27)36)31(39)17-13-9-5-1-3-7-11-15-19-33(41)42/h21-24H,1-20H2,(H,41,42)(H,43,44). The summed E-state index contributed by atoms with van der Waals surface area (Å²) >= 11 is 0. The molecule has 0 atom stereocenters. The number of fused-ring (bicyclic) bond motifs is 1. The van der Waals surface area contributed by atoms with Crippen molar-refractivity contribution in [2.45, 2.75) is 128 Å². The molecule has 44 heavy (non-hydrogen) atoms. The lowest BCUT2D eigenvalue weighted by Gasteiger charge is -2.14. The summed E-state index contributed by atoms with van der Waals surface area (Å²) in [6.07, 6.45) is 19.2. The second-order valence-electron chi connectivity index (χ2n) is 11.6. The molecule has 0 heterocycles. The number of rotatable bonds is 26. The van der Waals surface area contributed by atoms with Crippen LogP contribution in [0.5, 0.6) is 0 Å². The van der Waals surface area contributed by atoms with Gasteiger partial charge in [0.25, 0.3) is 0 Å². The molecule has 0 bridgehead atoms. The number of benzene rings is 2. The maximum atomic E-state index is 13.3. The Balaban J connectivity index is 1.94. The number of carbonyl (C=O) groups excluding carboxylic acids is 4. The fraction of sp³-hybridized carbons (Fsp3) is 0.556. The summed E-state index contributed by atoms with van der Waals surface area (Å²) in [5.74, 6) is -1.82. The summed E-state index contributed by atoms with van der Waals surface area (Å²) in [5, 5.41) is 18.0. The monoisotopic (exact) mass is 606 g/mol. The SMILES string of the molecule is O=[C]c1ccc([C]=O)c2c(C(=O)CCCCCCCCCCC(=O)O)ccc(C(=O)CCCCCCCCCCC(=O)O)c12. The molecule has 0 aliphatic rings. The molecular formula is C36H46O8. The molecule has 2 rings (SSSR count). The molecule has 0 amide bonds. The van der Waals surface area contributed by atoms with Gasteiger partial charge in [0.1, 0.15) is 0 Å². The first-order chi connectivity index (χ1) is 21.3. The quantitative estimate of drug-likeness (QED) is 0.0808. The van der Waals surface area contributed by atoms with Gasteiger partial charge in [-0.25, -0.2) is 0 Å². The lowest BCUT2D eigenvalue weighted by atomic mass is 9.87. The number of hydrogen-bond donors (Lipinski definition) is 2. The zero-order valence-corrected chi connectivity index (χ0v) is 25.8. The predicted octanol–water partition coefficient (Wildman–Crippen LogP) is 8.09. The minimum atomic E-state index is -0.760. The first-order valence-electron chi connectivity index (χ1n) is 16.2. The first-order valence-corrected chi connectivity index (χ1v) is 16.2. The molecule has 2 N–H and O–H groups in total. The second kappa shape index (κ2) is 21.1. The van der Waals surface area contributed by atoms with Gasteiger partial charge in [-0.2, -0.15) is 0 Å². The number of unbranched alkanes of at least 4 members (excludes halogenated alkanes) is 14. The van der Waals surface area contributed by atoms with Crippen LogP contribution in [0.2, 0.25) is 0 Å². The Morgan fingerprint density at radius 3 is 0.977 bits per heavy atom.